The van der Waals surface area contributed by atoms with Crippen LogP contribution >= 0.6 is 15.9 Å². The van der Waals surface area contributed by atoms with E-state index in [1.807, 2.05) is 36.4 Å². The van der Waals surface area contributed by atoms with Gasteiger partial charge in [-0.3, -0.25) is 0 Å². The minimum Gasteiger partial charge on any atom is -0.198 e. The van der Waals surface area contributed by atoms with Gasteiger partial charge in [-0.1, -0.05) is 64.5 Å². The first-order chi connectivity index (χ1) is 8.33. The summed E-state index contributed by atoms with van der Waals surface area (Å²) in [6, 6.07) is 20.5. The van der Waals surface area contributed by atoms with E-state index in [-0.39, 0.29) is 5.92 Å². The lowest BCUT2D eigenvalue weighted by atomic mass is 9.89. The molecule has 0 saturated carbocycles. The van der Waals surface area contributed by atoms with E-state index in [2.05, 4.69) is 40.2 Å². The quantitative estimate of drug-likeness (QED) is 0.815. The Morgan fingerprint density at radius 1 is 1.00 bits per heavy atom. The molecule has 0 spiro atoms. The van der Waals surface area contributed by atoms with Crippen LogP contribution in [0.5, 0.6) is 0 Å². The lowest BCUT2D eigenvalue weighted by Crippen LogP contribution is -2.00. The molecule has 0 fully saturated rings. The Morgan fingerprint density at radius 3 is 2.29 bits per heavy atom. The molecule has 0 aromatic heterocycles. The fraction of sp³-hybridized carbons (Fsp3) is 0.133. The molecular weight excluding hydrogens is 274 g/mol. The number of hydrogen-bond acceptors (Lipinski definition) is 1. The van der Waals surface area contributed by atoms with Gasteiger partial charge in [0.05, 0.1) is 6.07 Å². The van der Waals surface area contributed by atoms with Crippen molar-refractivity contribution in [2.45, 2.75) is 12.3 Å². The number of halogens is 1. The van der Waals surface area contributed by atoms with Gasteiger partial charge in [0, 0.05) is 16.8 Å². The van der Waals surface area contributed by atoms with E-state index in [0.717, 1.165) is 4.47 Å². The summed E-state index contributed by atoms with van der Waals surface area (Å²) in [4.78, 5) is 0. The molecule has 0 saturated heterocycles. The molecule has 2 heteroatoms. The van der Waals surface area contributed by atoms with Crippen LogP contribution in [0.1, 0.15) is 23.5 Å². The predicted octanol–water partition coefficient (Wildman–Crippen LogP) is 4.49. The van der Waals surface area contributed by atoms with Gasteiger partial charge < -0.3 is 0 Å². The summed E-state index contributed by atoms with van der Waals surface area (Å²) in [5, 5.41) is 8.98. The van der Waals surface area contributed by atoms with Gasteiger partial charge in [-0.25, -0.2) is 0 Å². The van der Waals surface area contributed by atoms with Crippen LogP contribution in [0.4, 0.5) is 0 Å². The molecule has 1 nitrogen and oxygen atoms in total. The normalized spacial score (nSPS) is 11.8. The molecule has 0 heterocycles. The van der Waals surface area contributed by atoms with Gasteiger partial charge in [-0.05, 0) is 17.2 Å². The molecule has 0 amide bonds. The zero-order chi connectivity index (χ0) is 12.1. The molecule has 1 unspecified atom stereocenters. The highest BCUT2D eigenvalue weighted by molar-refractivity contribution is 9.10. The fourth-order valence-electron chi connectivity index (χ4n) is 1.94. The largest absolute Gasteiger partial charge is 0.198 e. The average Bonchev–Trinajstić information content (AvgIpc) is 2.38. The summed E-state index contributed by atoms with van der Waals surface area (Å²) in [6.45, 7) is 0. The molecule has 0 aliphatic rings. The first-order valence-electron chi connectivity index (χ1n) is 5.49. The van der Waals surface area contributed by atoms with Gasteiger partial charge >= 0.3 is 0 Å². The molecule has 2 aromatic carbocycles. The van der Waals surface area contributed by atoms with Gasteiger partial charge in [0.2, 0.25) is 0 Å². The van der Waals surface area contributed by atoms with Crippen LogP contribution in [-0.2, 0) is 0 Å². The average molecular weight is 286 g/mol. The van der Waals surface area contributed by atoms with Crippen LogP contribution in [0, 0.1) is 11.3 Å². The van der Waals surface area contributed by atoms with E-state index in [4.69, 9.17) is 5.26 Å². The smallest absolute Gasteiger partial charge is 0.0631 e. The van der Waals surface area contributed by atoms with Crippen molar-refractivity contribution in [3.63, 3.8) is 0 Å². The van der Waals surface area contributed by atoms with E-state index in [9.17, 15) is 0 Å². The van der Waals surface area contributed by atoms with Crippen LogP contribution in [0.25, 0.3) is 0 Å². The Balaban J connectivity index is 2.44. The van der Waals surface area contributed by atoms with Crippen molar-refractivity contribution in [1.82, 2.24) is 0 Å². The molecule has 84 valence electrons. The van der Waals surface area contributed by atoms with Crippen LogP contribution in [-0.4, -0.2) is 0 Å². The topological polar surface area (TPSA) is 23.8 Å². The predicted molar refractivity (Wildman–Crippen MR) is 72.7 cm³/mol. The monoisotopic (exact) mass is 285 g/mol. The number of hydrogen-bond donors (Lipinski definition) is 0. The maximum Gasteiger partial charge on any atom is 0.0631 e. The van der Waals surface area contributed by atoms with Crippen molar-refractivity contribution in [1.29, 1.82) is 5.26 Å². The SMILES string of the molecule is N#CCC(c1ccccc1)c1ccccc1Br. The first kappa shape index (κ1) is 11.9. The van der Waals surface area contributed by atoms with Crippen molar-refractivity contribution in [2.24, 2.45) is 0 Å². The zero-order valence-electron chi connectivity index (χ0n) is 9.31. The summed E-state index contributed by atoms with van der Waals surface area (Å²) in [6.07, 6.45) is 0.493. The lowest BCUT2D eigenvalue weighted by molar-refractivity contribution is 0.833. The molecule has 0 radical (unpaired) electrons. The van der Waals surface area contributed by atoms with Crippen molar-refractivity contribution in [3.05, 3.63) is 70.2 Å². The molecule has 2 aromatic rings. The number of benzene rings is 2. The Hall–Kier alpha value is -1.59. The highest BCUT2D eigenvalue weighted by Gasteiger charge is 2.15. The second-order valence-corrected chi connectivity index (χ2v) is 4.70. The van der Waals surface area contributed by atoms with Crippen LogP contribution in [0.15, 0.2) is 59.1 Å². The maximum atomic E-state index is 8.98. The Kier molecular flexibility index (Phi) is 3.95. The van der Waals surface area contributed by atoms with Gasteiger partial charge in [-0.2, -0.15) is 5.26 Å². The number of rotatable bonds is 3. The van der Waals surface area contributed by atoms with Crippen LogP contribution in [0.2, 0.25) is 0 Å². The molecule has 0 N–H and O–H groups in total. The van der Waals surface area contributed by atoms with E-state index < -0.39 is 0 Å². The van der Waals surface area contributed by atoms with E-state index in [1.54, 1.807) is 0 Å². The maximum absolute atomic E-state index is 8.98. The van der Waals surface area contributed by atoms with Crippen molar-refractivity contribution >= 4 is 15.9 Å². The summed E-state index contributed by atoms with van der Waals surface area (Å²) in [5.74, 6) is 0.136. The summed E-state index contributed by atoms with van der Waals surface area (Å²) < 4.78 is 1.06. The third-order valence-electron chi connectivity index (χ3n) is 2.78. The molecule has 0 aliphatic heterocycles. The van der Waals surface area contributed by atoms with Gasteiger partial charge in [0.15, 0.2) is 0 Å². The van der Waals surface area contributed by atoms with Crippen molar-refractivity contribution in [3.8, 4) is 6.07 Å². The van der Waals surface area contributed by atoms with Crippen LogP contribution < -0.4 is 0 Å². The van der Waals surface area contributed by atoms with E-state index >= 15 is 0 Å². The Bertz CT molecular complexity index is 528. The van der Waals surface area contributed by atoms with E-state index in [0.29, 0.717) is 6.42 Å². The minimum atomic E-state index is 0.136. The fourth-order valence-corrected chi connectivity index (χ4v) is 2.50. The third-order valence-corrected chi connectivity index (χ3v) is 3.50. The minimum absolute atomic E-state index is 0.136. The highest BCUT2D eigenvalue weighted by Crippen LogP contribution is 2.32. The van der Waals surface area contributed by atoms with Crippen molar-refractivity contribution in [2.75, 3.05) is 0 Å². The van der Waals surface area contributed by atoms with Crippen molar-refractivity contribution < 1.29 is 0 Å². The zero-order valence-corrected chi connectivity index (χ0v) is 10.9. The third kappa shape index (κ3) is 2.75. The second-order valence-electron chi connectivity index (χ2n) is 3.85. The van der Waals surface area contributed by atoms with Crippen LogP contribution in [0.3, 0.4) is 0 Å². The first-order valence-corrected chi connectivity index (χ1v) is 6.28. The van der Waals surface area contributed by atoms with E-state index in [1.165, 1.54) is 11.1 Å². The van der Waals surface area contributed by atoms with Gasteiger partial charge in [-0.15, -0.1) is 0 Å². The van der Waals surface area contributed by atoms with Gasteiger partial charge in [0.25, 0.3) is 0 Å². The van der Waals surface area contributed by atoms with Gasteiger partial charge in [0.1, 0.15) is 0 Å². The summed E-state index contributed by atoms with van der Waals surface area (Å²) >= 11 is 3.55. The molecule has 1 atom stereocenters. The number of nitrogens with zero attached hydrogens (tertiary/aromatic N) is 1. The lowest BCUT2D eigenvalue weighted by Gasteiger charge is -2.16. The molecule has 0 bridgehead atoms. The highest BCUT2D eigenvalue weighted by atomic mass is 79.9. The summed E-state index contributed by atoms with van der Waals surface area (Å²) in [5.41, 5.74) is 2.35. The second kappa shape index (κ2) is 5.65. The molecule has 2 rings (SSSR count). The standard InChI is InChI=1S/C15H12BrN/c16-15-9-5-4-8-14(15)13(10-11-17)12-6-2-1-3-7-12/h1-9,13H,10H2. The molecule has 17 heavy (non-hydrogen) atoms. The number of nitriles is 1. The Labute approximate surface area is 110 Å². The molecule has 0 aliphatic carbocycles. The summed E-state index contributed by atoms with van der Waals surface area (Å²) in [7, 11) is 0. The molecular formula is C15H12BrN. The Morgan fingerprint density at radius 2 is 1.65 bits per heavy atom.